The number of aromatic nitrogens is 4. The molecule has 0 amide bonds. The van der Waals surface area contributed by atoms with Crippen LogP contribution in [0.5, 0.6) is 0 Å². The number of para-hydroxylation sites is 3. The first kappa shape index (κ1) is 26.4. The minimum atomic E-state index is 0.629. The lowest BCUT2D eigenvalue weighted by Gasteiger charge is -2.13. The quantitative estimate of drug-likeness (QED) is 0.196. The van der Waals surface area contributed by atoms with Gasteiger partial charge in [-0.25, -0.2) is 9.97 Å². The Hall–Kier alpha value is -6.72. The lowest BCUT2D eigenvalue weighted by Crippen LogP contribution is -2.04. The molecule has 0 unspecified atom stereocenters. The maximum atomic E-state index is 6.35. The molecule has 0 saturated heterocycles. The van der Waals surface area contributed by atoms with E-state index in [1.54, 1.807) is 0 Å². The predicted molar refractivity (Wildman–Crippen MR) is 201 cm³/mol. The summed E-state index contributed by atoms with van der Waals surface area (Å²) < 4.78 is 10.9. The van der Waals surface area contributed by atoms with Crippen molar-refractivity contribution in [1.82, 2.24) is 19.1 Å². The molecule has 0 aliphatic rings. The van der Waals surface area contributed by atoms with Crippen LogP contribution in [-0.4, -0.2) is 19.1 Å². The Morgan fingerprint density at radius 1 is 0.429 bits per heavy atom. The van der Waals surface area contributed by atoms with Gasteiger partial charge in [-0.3, -0.25) is 4.57 Å². The summed E-state index contributed by atoms with van der Waals surface area (Å²) in [7, 11) is 0. The van der Waals surface area contributed by atoms with E-state index in [4.69, 9.17) is 14.4 Å². The van der Waals surface area contributed by atoms with E-state index >= 15 is 0 Å². The van der Waals surface area contributed by atoms with Crippen molar-refractivity contribution in [3.8, 4) is 22.9 Å². The molecule has 228 valence electrons. The molecule has 0 fully saturated rings. The molecule has 4 aromatic heterocycles. The van der Waals surface area contributed by atoms with Crippen LogP contribution in [0.4, 0.5) is 0 Å². The van der Waals surface area contributed by atoms with Gasteiger partial charge in [0.1, 0.15) is 22.4 Å². The van der Waals surface area contributed by atoms with Gasteiger partial charge in [-0.2, -0.15) is 0 Å². The summed E-state index contributed by atoms with van der Waals surface area (Å²) in [6, 6.07) is 55.1. The second-order valence-corrected chi connectivity index (χ2v) is 12.6. The second kappa shape index (κ2) is 9.89. The van der Waals surface area contributed by atoms with Crippen LogP contribution in [0, 0.1) is 0 Å². The van der Waals surface area contributed by atoms with E-state index in [1.165, 1.54) is 5.39 Å². The van der Waals surface area contributed by atoms with Crippen LogP contribution in [0.15, 0.2) is 162 Å². The van der Waals surface area contributed by atoms with Gasteiger partial charge in [0.25, 0.3) is 0 Å². The van der Waals surface area contributed by atoms with Crippen molar-refractivity contribution in [3.05, 3.63) is 158 Å². The Balaban J connectivity index is 1.36. The van der Waals surface area contributed by atoms with E-state index < -0.39 is 0 Å². The van der Waals surface area contributed by atoms with Gasteiger partial charge < -0.3 is 8.98 Å². The third-order valence-corrected chi connectivity index (χ3v) is 9.92. The van der Waals surface area contributed by atoms with Crippen molar-refractivity contribution in [2.75, 3.05) is 0 Å². The van der Waals surface area contributed by atoms with E-state index in [2.05, 4.69) is 155 Å². The summed E-state index contributed by atoms with van der Waals surface area (Å²) >= 11 is 0. The van der Waals surface area contributed by atoms with Crippen molar-refractivity contribution in [2.24, 2.45) is 0 Å². The number of furan rings is 1. The Labute approximate surface area is 279 Å². The summed E-state index contributed by atoms with van der Waals surface area (Å²) in [5, 5.41) is 7.94. The van der Waals surface area contributed by atoms with Gasteiger partial charge in [0, 0.05) is 38.2 Å². The monoisotopic (exact) mass is 626 g/mol. The number of nitrogens with zero attached hydrogens (tertiary/aromatic N) is 4. The standard InChI is InChI=1S/C44H26N4O/c1-3-14-28(15-4-1)41-43-42(39-30-18-8-7-13-27(30)23-24-35(39)47(43)29-16-5-2-6-17-29)46-44(45-41)48-33-21-11-9-19-31(33)38-34(48)25-26-37-40(38)32-20-10-12-22-36(32)49-37/h1-26H. The number of rotatable bonds is 3. The predicted octanol–water partition coefficient (Wildman–Crippen LogP) is 11.4. The van der Waals surface area contributed by atoms with Gasteiger partial charge in [0.2, 0.25) is 5.95 Å². The molecule has 49 heavy (non-hydrogen) atoms. The van der Waals surface area contributed by atoms with Crippen molar-refractivity contribution in [1.29, 1.82) is 0 Å². The zero-order valence-electron chi connectivity index (χ0n) is 26.2. The SMILES string of the molecule is c1ccc(-c2nc(-n3c4ccccc4c4c5c(ccc43)oc3ccccc35)nc3c4c5ccccc5ccc4n(-c4ccccc4)c23)cc1. The molecule has 5 heteroatoms. The van der Waals surface area contributed by atoms with Crippen LogP contribution in [-0.2, 0) is 0 Å². The molecule has 0 aliphatic heterocycles. The molecule has 0 atom stereocenters. The van der Waals surface area contributed by atoms with E-state index in [0.717, 1.165) is 88.0 Å². The molecule has 11 aromatic rings. The topological polar surface area (TPSA) is 48.8 Å². The lowest BCUT2D eigenvalue weighted by atomic mass is 10.1. The Bertz CT molecular complexity index is 3100. The van der Waals surface area contributed by atoms with Crippen LogP contribution in [0.3, 0.4) is 0 Å². The van der Waals surface area contributed by atoms with Crippen LogP contribution in [0.25, 0.3) is 99.3 Å². The van der Waals surface area contributed by atoms with Crippen LogP contribution in [0.2, 0.25) is 0 Å². The van der Waals surface area contributed by atoms with Crippen LogP contribution < -0.4 is 0 Å². The molecule has 0 radical (unpaired) electrons. The fraction of sp³-hybridized carbons (Fsp3) is 0. The van der Waals surface area contributed by atoms with Gasteiger partial charge in [-0.15, -0.1) is 0 Å². The van der Waals surface area contributed by atoms with Crippen molar-refractivity contribution >= 4 is 76.5 Å². The van der Waals surface area contributed by atoms with Crippen molar-refractivity contribution < 1.29 is 4.42 Å². The molecular formula is C44H26N4O. The third kappa shape index (κ3) is 3.64. The summed E-state index contributed by atoms with van der Waals surface area (Å²) in [6.45, 7) is 0. The van der Waals surface area contributed by atoms with Crippen molar-refractivity contribution in [2.45, 2.75) is 0 Å². The molecule has 0 aliphatic carbocycles. The first-order valence-electron chi connectivity index (χ1n) is 16.5. The molecule has 11 rings (SSSR count). The third-order valence-electron chi connectivity index (χ3n) is 9.92. The molecule has 0 spiro atoms. The molecular weight excluding hydrogens is 601 g/mol. The Morgan fingerprint density at radius 2 is 1.10 bits per heavy atom. The molecule has 0 bridgehead atoms. The van der Waals surface area contributed by atoms with Gasteiger partial charge in [-0.1, -0.05) is 115 Å². The zero-order valence-corrected chi connectivity index (χ0v) is 26.2. The average Bonchev–Trinajstić information content (AvgIpc) is 3.83. The highest BCUT2D eigenvalue weighted by Crippen LogP contribution is 2.43. The van der Waals surface area contributed by atoms with Crippen LogP contribution in [0.1, 0.15) is 0 Å². The molecule has 5 nitrogen and oxygen atoms in total. The maximum Gasteiger partial charge on any atom is 0.235 e. The first-order chi connectivity index (χ1) is 24.3. The average molecular weight is 627 g/mol. The molecule has 7 aromatic carbocycles. The minimum Gasteiger partial charge on any atom is -0.456 e. The maximum absolute atomic E-state index is 6.35. The van der Waals surface area contributed by atoms with E-state index in [1.807, 2.05) is 12.1 Å². The first-order valence-corrected chi connectivity index (χ1v) is 16.5. The van der Waals surface area contributed by atoms with Gasteiger partial charge >= 0.3 is 0 Å². The van der Waals surface area contributed by atoms with Gasteiger partial charge in [-0.05, 0) is 53.2 Å². The number of benzene rings is 7. The highest BCUT2D eigenvalue weighted by Gasteiger charge is 2.25. The summed E-state index contributed by atoms with van der Waals surface area (Å²) in [4.78, 5) is 11.1. The van der Waals surface area contributed by atoms with Gasteiger partial charge in [0.15, 0.2) is 0 Å². The molecule has 0 saturated carbocycles. The number of hydrogen-bond acceptors (Lipinski definition) is 3. The fourth-order valence-corrected chi connectivity index (χ4v) is 7.88. The van der Waals surface area contributed by atoms with E-state index in [9.17, 15) is 0 Å². The molecule has 0 N–H and O–H groups in total. The largest absolute Gasteiger partial charge is 0.456 e. The molecule has 4 heterocycles. The van der Waals surface area contributed by atoms with Crippen LogP contribution >= 0.6 is 0 Å². The highest BCUT2D eigenvalue weighted by atomic mass is 16.3. The lowest BCUT2D eigenvalue weighted by molar-refractivity contribution is 0.669. The number of fused-ring (bicyclic) bond motifs is 12. The second-order valence-electron chi connectivity index (χ2n) is 12.6. The summed E-state index contributed by atoms with van der Waals surface area (Å²) in [6.07, 6.45) is 0. The smallest absolute Gasteiger partial charge is 0.235 e. The van der Waals surface area contributed by atoms with E-state index in [0.29, 0.717) is 5.95 Å². The minimum absolute atomic E-state index is 0.629. The fourth-order valence-electron chi connectivity index (χ4n) is 7.88. The van der Waals surface area contributed by atoms with Crippen molar-refractivity contribution in [3.63, 3.8) is 0 Å². The summed E-state index contributed by atoms with van der Waals surface area (Å²) in [5.41, 5.74) is 9.81. The Kier molecular flexibility index (Phi) is 5.32. The number of hydrogen-bond donors (Lipinski definition) is 0. The summed E-state index contributed by atoms with van der Waals surface area (Å²) in [5.74, 6) is 0.629. The van der Waals surface area contributed by atoms with Gasteiger partial charge in [0.05, 0.1) is 22.1 Å². The van der Waals surface area contributed by atoms with E-state index in [-0.39, 0.29) is 0 Å². The zero-order chi connectivity index (χ0) is 32.1. The highest BCUT2D eigenvalue weighted by molar-refractivity contribution is 6.27. The Morgan fingerprint density at radius 3 is 1.96 bits per heavy atom. The normalized spacial score (nSPS) is 12.1.